The zero-order valence-corrected chi connectivity index (χ0v) is 9.49. The van der Waals surface area contributed by atoms with Crippen LogP contribution in [0, 0.1) is 0 Å². The Morgan fingerprint density at radius 1 is 1.38 bits per heavy atom. The van der Waals surface area contributed by atoms with Crippen molar-refractivity contribution < 1.29 is 0 Å². The molecule has 1 aliphatic rings. The lowest BCUT2D eigenvalue weighted by Gasteiger charge is -2.41. The first-order valence-corrected chi connectivity index (χ1v) is 4.89. The molecule has 0 atom stereocenters. The Morgan fingerprint density at radius 3 is 2.31 bits per heavy atom. The third-order valence-corrected chi connectivity index (χ3v) is 2.38. The van der Waals surface area contributed by atoms with E-state index in [1.54, 1.807) is 0 Å². The molecule has 0 aromatic rings. The lowest BCUT2D eigenvalue weighted by atomic mass is 9.81. The molecule has 0 amide bonds. The third-order valence-electron chi connectivity index (χ3n) is 2.38. The number of hydrogen-bond acceptors (Lipinski definition) is 1. The van der Waals surface area contributed by atoms with Gasteiger partial charge in [0.05, 0.1) is 0 Å². The normalized spacial score (nSPS) is 25.2. The minimum absolute atomic E-state index is 0.0933. The van der Waals surface area contributed by atoms with Gasteiger partial charge in [0, 0.05) is 11.1 Å². The summed E-state index contributed by atoms with van der Waals surface area (Å²) in [5, 5.41) is 3.60. The summed E-state index contributed by atoms with van der Waals surface area (Å²) in [5.74, 6) is 0. The van der Waals surface area contributed by atoms with E-state index in [1.807, 2.05) is 0 Å². The van der Waals surface area contributed by atoms with Crippen molar-refractivity contribution in [2.75, 3.05) is 0 Å². The summed E-state index contributed by atoms with van der Waals surface area (Å²) in [5.41, 5.74) is 2.87. The van der Waals surface area contributed by atoms with Crippen LogP contribution in [0.4, 0.5) is 0 Å². The topological polar surface area (TPSA) is 12.0 Å². The molecule has 0 spiro atoms. The Hall–Kier alpha value is -0.560. The largest absolute Gasteiger partial charge is 0.303 e. The van der Waals surface area contributed by atoms with E-state index in [0.29, 0.717) is 0 Å². The summed E-state index contributed by atoms with van der Waals surface area (Å²) >= 11 is 0. The monoisotopic (exact) mass is 179 g/mol. The fourth-order valence-electron chi connectivity index (χ4n) is 2.19. The van der Waals surface area contributed by atoms with Crippen LogP contribution < -0.4 is 5.32 Å². The second-order valence-electron chi connectivity index (χ2n) is 5.36. The van der Waals surface area contributed by atoms with E-state index in [9.17, 15) is 0 Å². The van der Waals surface area contributed by atoms with E-state index in [4.69, 9.17) is 0 Å². The molecular formula is C12H21N. The van der Waals surface area contributed by atoms with Crippen LogP contribution in [0.1, 0.15) is 41.0 Å². The summed E-state index contributed by atoms with van der Waals surface area (Å²) in [4.78, 5) is 0. The smallest absolute Gasteiger partial charge is 0.0317 e. The first kappa shape index (κ1) is 10.5. The van der Waals surface area contributed by atoms with Crippen molar-refractivity contribution >= 4 is 0 Å². The number of rotatable bonds is 1. The minimum atomic E-state index is 0.0933. The Bertz CT molecular complexity index is 256. The van der Waals surface area contributed by atoms with Crippen LogP contribution in [0.3, 0.4) is 0 Å². The van der Waals surface area contributed by atoms with Crippen molar-refractivity contribution in [2.24, 2.45) is 0 Å². The molecule has 1 heteroatoms. The molecule has 0 bridgehead atoms. The molecule has 74 valence electrons. The predicted octanol–water partition coefficient (Wildman–Crippen LogP) is 3.04. The van der Waals surface area contributed by atoms with Gasteiger partial charge >= 0.3 is 0 Å². The lowest BCUT2D eigenvalue weighted by Crippen LogP contribution is -2.54. The van der Waals surface area contributed by atoms with Gasteiger partial charge in [0.2, 0.25) is 0 Å². The van der Waals surface area contributed by atoms with Crippen molar-refractivity contribution in [3.05, 3.63) is 23.8 Å². The van der Waals surface area contributed by atoms with Gasteiger partial charge in [-0.2, -0.15) is 0 Å². The zero-order chi connectivity index (χ0) is 10.3. The van der Waals surface area contributed by atoms with Crippen LogP contribution in [0.2, 0.25) is 0 Å². The number of hydrogen-bond donors (Lipinski definition) is 1. The highest BCUT2D eigenvalue weighted by Crippen LogP contribution is 2.30. The Kier molecular flexibility index (Phi) is 2.42. The molecule has 1 heterocycles. The van der Waals surface area contributed by atoms with Crippen LogP contribution in [0.25, 0.3) is 0 Å². The fraction of sp³-hybridized carbons (Fsp3) is 0.667. The average Bonchev–Trinajstić information content (AvgIpc) is 1.79. The Balaban J connectivity index is 2.99. The van der Waals surface area contributed by atoms with Crippen molar-refractivity contribution in [3.63, 3.8) is 0 Å². The highest BCUT2D eigenvalue weighted by Gasteiger charge is 2.31. The van der Waals surface area contributed by atoms with Gasteiger partial charge in [0.1, 0.15) is 0 Å². The first-order valence-electron chi connectivity index (χ1n) is 4.89. The SMILES string of the molecule is C=C(C)C1=CC(C)(C)NC(C)(C)C1. The van der Waals surface area contributed by atoms with E-state index in [1.165, 1.54) is 11.1 Å². The molecule has 0 aromatic heterocycles. The van der Waals surface area contributed by atoms with Gasteiger partial charge in [-0.25, -0.2) is 0 Å². The zero-order valence-electron chi connectivity index (χ0n) is 9.49. The minimum Gasteiger partial charge on any atom is -0.303 e. The molecular weight excluding hydrogens is 158 g/mol. The van der Waals surface area contributed by atoms with Gasteiger partial charge in [-0.05, 0) is 46.6 Å². The van der Waals surface area contributed by atoms with Gasteiger partial charge in [0.25, 0.3) is 0 Å². The first-order chi connectivity index (χ1) is 5.72. The lowest BCUT2D eigenvalue weighted by molar-refractivity contribution is 0.285. The van der Waals surface area contributed by atoms with E-state index >= 15 is 0 Å². The summed E-state index contributed by atoms with van der Waals surface area (Å²) < 4.78 is 0. The van der Waals surface area contributed by atoms with Crippen molar-refractivity contribution in [2.45, 2.75) is 52.1 Å². The van der Waals surface area contributed by atoms with Crippen molar-refractivity contribution in [1.29, 1.82) is 0 Å². The van der Waals surface area contributed by atoms with Crippen molar-refractivity contribution in [1.82, 2.24) is 5.32 Å². The summed E-state index contributed by atoms with van der Waals surface area (Å²) in [6, 6.07) is 0. The van der Waals surface area contributed by atoms with Gasteiger partial charge in [-0.15, -0.1) is 0 Å². The second kappa shape index (κ2) is 2.98. The van der Waals surface area contributed by atoms with E-state index < -0.39 is 0 Å². The van der Waals surface area contributed by atoms with Gasteiger partial charge in [-0.1, -0.05) is 18.2 Å². The van der Waals surface area contributed by atoms with Crippen LogP contribution in [-0.2, 0) is 0 Å². The number of allylic oxidation sites excluding steroid dienone is 1. The maximum atomic E-state index is 4.01. The van der Waals surface area contributed by atoms with Crippen molar-refractivity contribution in [3.8, 4) is 0 Å². The molecule has 1 aliphatic heterocycles. The number of nitrogens with one attached hydrogen (secondary N) is 1. The standard InChI is InChI=1S/C12H21N/c1-9(2)10-7-11(3,4)13-12(5,6)8-10/h7,13H,1,8H2,2-6H3. The second-order valence-corrected chi connectivity index (χ2v) is 5.36. The average molecular weight is 179 g/mol. The molecule has 0 saturated heterocycles. The molecule has 0 aliphatic carbocycles. The molecule has 0 saturated carbocycles. The molecule has 1 nitrogen and oxygen atoms in total. The highest BCUT2D eigenvalue weighted by molar-refractivity contribution is 5.34. The Morgan fingerprint density at radius 2 is 1.92 bits per heavy atom. The van der Waals surface area contributed by atoms with Crippen LogP contribution in [-0.4, -0.2) is 11.1 Å². The Labute approximate surface area is 81.9 Å². The molecule has 1 N–H and O–H groups in total. The molecule has 0 aromatic carbocycles. The van der Waals surface area contributed by atoms with Crippen LogP contribution >= 0.6 is 0 Å². The summed E-state index contributed by atoms with van der Waals surface area (Å²) in [6.45, 7) is 15.0. The molecule has 0 unspecified atom stereocenters. The molecule has 1 rings (SSSR count). The van der Waals surface area contributed by atoms with Gasteiger partial charge in [-0.3, -0.25) is 0 Å². The van der Waals surface area contributed by atoms with E-state index in [0.717, 1.165) is 6.42 Å². The maximum absolute atomic E-state index is 4.01. The fourth-order valence-corrected chi connectivity index (χ4v) is 2.19. The maximum Gasteiger partial charge on any atom is 0.0317 e. The van der Waals surface area contributed by atoms with Crippen LogP contribution in [0.15, 0.2) is 23.8 Å². The molecule has 0 radical (unpaired) electrons. The predicted molar refractivity (Wildman–Crippen MR) is 58.8 cm³/mol. The third kappa shape index (κ3) is 2.70. The molecule has 13 heavy (non-hydrogen) atoms. The van der Waals surface area contributed by atoms with Gasteiger partial charge < -0.3 is 5.32 Å². The van der Waals surface area contributed by atoms with Gasteiger partial charge in [0.15, 0.2) is 0 Å². The highest BCUT2D eigenvalue weighted by atomic mass is 15.0. The molecule has 0 fully saturated rings. The quantitative estimate of drug-likeness (QED) is 0.652. The van der Waals surface area contributed by atoms with Crippen LogP contribution in [0.5, 0.6) is 0 Å². The summed E-state index contributed by atoms with van der Waals surface area (Å²) in [7, 11) is 0. The van der Waals surface area contributed by atoms with E-state index in [-0.39, 0.29) is 11.1 Å². The van der Waals surface area contributed by atoms with E-state index in [2.05, 4.69) is 52.6 Å². The summed E-state index contributed by atoms with van der Waals surface area (Å²) in [6.07, 6.45) is 3.37.